The highest BCUT2D eigenvalue weighted by Gasteiger charge is 2.33. The van der Waals surface area contributed by atoms with Gasteiger partial charge in [-0.3, -0.25) is 4.90 Å². The molecule has 3 aromatic carbocycles. The first-order valence-electron chi connectivity index (χ1n) is 9.51. The Hall–Kier alpha value is -2.42. The minimum absolute atomic E-state index is 0.351. The number of rotatable bonds is 7. The Kier molecular flexibility index (Phi) is 5.44. The van der Waals surface area contributed by atoms with Gasteiger partial charge in [0.25, 0.3) is 0 Å². The third kappa shape index (κ3) is 4.04. The monoisotopic (exact) mass is 342 g/mol. The molecule has 2 nitrogen and oxygen atoms in total. The van der Waals surface area contributed by atoms with Gasteiger partial charge in [0, 0.05) is 19.1 Å². The first-order chi connectivity index (χ1) is 12.9. The normalized spacial score (nSPS) is 15.1. The molecule has 1 fully saturated rings. The Morgan fingerprint density at radius 2 is 1.23 bits per heavy atom. The van der Waals surface area contributed by atoms with E-state index < -0.39 is 0 Å². The van der Waals surface area contributed by atoms with Gasteiger partial charge in [-0.05, 0) is 29.7 Å². The molecule has 1 heterocycles. The molecule has 0 radical (unpaired) electrons. The maximum absolute atomic E-state index is 3.71. The summed E-state index contributed by atoms with van der Waals surface area (Å²) in [6.45, 7) is 3.25. The maximum Gasteiger partial charge on any atom is 0.0602 e. The lowest BCUT2D eigenvalue weighted by atomic mass is 9.93. The van der Waals surface area contributed by atoms with Crippen LogP contribution in [0.2, 0.25) is 0 Å². The lowest BCUT2D eigenvalue weighted by molar-refractivity contribution is 0.0936. The van der Waals surface area contributed by atoms with Crippen molar-refractivity contribution in [3.05, 3.63) is 108 Å². The van der Waals surface area contributed by atoms with Gasteiger partial charge in [-0.15, -0.1) is 0 Å². The van der Waals surface area contributed by atoms with E-state index in [2.05, 4.69) is 101 Å². The van der Waals surface area contributed by atoms with Crippen LogP contribution in [-0.4, -0.2) is 30.6 Å². The van der Waals surface area contributed by atoms with Gasteiger partial charge in [0.05, 0.1) is 6.04 Å². The average molecular weight is 342 g/mol. The molecule has 1 saturated heterocycles. The Labute approximate surface area is 156 Å². The second kappa shape index (κ2) is 8.31. The van der Waals surface area contributed by atoms with Crippen molar-refractivity contribution < 1.29 is 0 Å². The molecule has 1 aliphatic heterocycles. The zero-order valence-corrected chi connectivity index (χ0v) is 15.1. The first kappa shape index (κ1) is 17.0. The zero-order chi connectivity index (χ0) is 17.6. The fourth-order valence-corrected chi connectivity index (χ4v) is 3.80. The van der Waals surface area contributed by atoms with Crippen molar-refractivity contribution in [2.24, 2.45) is 0 Å². The summed E-state index contributed by atoms with van der Waals surface area (Å²) >= 11 is 0. The maximum atomic E-state index is 3.71. The molecule has 132 valence electrons. The second-order valence-electron chi connectivity index (χ2n) is 7.06. The Bertz CT molecular complexity index is 741. The summed E-state index contributed by atoms with van der Waals surface area (Å²) in [6, 6.07) is 33.4. The van der Waals surface area contributed by atoms with Gasteiger partial charge < -0.3 is 5.32 Å². The Morgan fingerprint density at radius 1 is 0.731 bits per heavy atom. The highest BCUT2D eigenvalue weighted by molar-refractivity contribution is 5.32. The van der Waals surface area contributed by atoms with Crippen LogP contribution < -0.4 is 5.32 Å². The molecule has 0 saturated carbocycles. The molecule has 0 atom stereocenters. The van der Waals surface area contributed by atoms with Gasteiger partial charge in [0.15, 0.2) is 0 Å². The van der Waals surface area contributed by atoms with E-state index in [-0.39, 0.29) is 0 Å². The topological polar surface area (TPSA) is 15.3 Å². The van der Waals surface area contributed by atoms with Crippen molar-refractivity contribution in [3.63, 3.8) is 0 Å². The summed E-state index contributed by atoms with van der Waals surface area (Å²) < 4.78 is 0. The van der Waals surface area contributed by atoms with Crippen LogP contribution in [0, 0.1) is 0 Å². The first-order valence-corrected chi connectivity index (χ1v) is 9.51. The largest absolute Gasteiger partial charge is 0.311 e. The van der Waals surface area contributed by atoms with E-state index in [1.807, 2.05) is 0 Å². The van der Waals surface area contributed by atoms with Crippen LogP contribution in [0.5, 0.6) is 0 Å². The number of likely N-dealkylation sites (tertiary alicyclic amines) is 1. The van der Waals surface area contributed by atoms with Crippen molar-refractivity contribution in [2.45, 2.75) is 18.5 Å². The lowest BCUT2D eigenvalue weighted by Crippen LogP contribution is -2.59. The van der Waals surface area contributed by atoms with E-state index in [9.17, 15) is 0 Å². The standard InChI is InChI=1S/C24H26N2/c1-4-10-20(11-5-1)16-17-25-23-18-26(19-23)24(21-12-6-2-7-13-21)22-14-8-3-9-15-22/h1-15,23-25H,16-19H2. The predicted molar refractivity (Wildman–Crippen MR) is 108 cm³/mol. The number of benzene rings is 3. The molecule has 0 aliphatic carbocycles. The van der Waals surface area contributed by atoms with Crippen LogP contribution in [0.3, 0.4) is 0 Å². The summed E-state index contributed by atoms with van der Waals surface area (Å²) in [7, 11) is 0. The fourth-order valence-electron chi connectivity index (χ4n) is 3.80. The fraction of sp³-hybridized carbons (Fsp3) is 0.250. The minimum Gasteiger partial charge on any atom is -0.311 e. The lowest BCUT2D eigenvalue weighted by Gasteiger charge is -2.45. The van der Waals surface area contributed by atoms with Crippen molar-refractivity contribution in [3.8, 4) is 0 Å². The van der Waals surface area contributed by atoms with Gasteiger partial charge in [0.2, 0.25) is 0 Å². The van der Waals surface area contributed by atoms with Gasteiger partial charge in [0.1, 0.15) is 0 Å². The van der Waals surface area contributed by atoms with E-state index in [4.69, 9.17) is 0 Å². The van der Waals surface area contributed by atoms with Crippen molar-refractivity contribution >= 4 is 0 Å². The van der Waals surface area contributed by atoms with E-state index in [0.29, 0.717) is 12.1 Å². The molecule has 0 bridgehead atoms. The Morgan fingerprint density at radius 3 is 1.77 bits per heavy atom. The SMILES string of the molecule is c1ccc(CCNC2CN(C(c3ccccc3)c3ccccc3)C2)cc1. The summed E-state index contributed by atoms with van der Waals surface area (Å²) in [5, 5.41) is 3.71. The average Bonchev–Trinajstić information content (AvgIpc) is 2.68. The van der Waals surface area contributed by atoms with E-state index in [1.54, 1.807) is 0 Å². The molecule has 3 aromatic rings. The molecule has 26 heavy (non-hydrogen) atoms. The van der Waals surface area contributed by atoms with E-state index in [0.717, 1.165) is 26.1 Å². The van der Waals surface area contributed by atoms with Crippen LogP contribution in [0.4, 0.5) is 0 Å². The third-order valence-electron chi connectivity index (χ3n) is 5.20. The van der Waals surface area contributed by atoms with E-state index in [1.165, 1.54) is 16.7 Å². The van der Waals surface area contributed by atoms with Crippen LogP contribution >= 0.6 is 0 Å². The van der Waals surface area contributed by atoms with Gasteiger partial charge in [-0.2, -0.15) is 0 Å². The molecule has 0 aromatic heterocycles. The highest BCUT2D eigenvalue weighted by Crippen LogP contribution is 2.32. The van der Waals surface area contributed by atoms with Crippen LogP contribution in [0.15, 0.2) is 91.0 Å². The third-order valence-corrected chi connectivity index (χ3v) is 5.20. The van der Waals surface area contributed by atoms with Crippen molar-refractivity contribution in [1.82, 2.24) is 10.2 Å². The molecular formula is C24H26N2. The van der Waals surface area contributed by atoms with Gasteiger partial charge >= 0.3 is 0 Å². The second-order valence-corrected chi connectivity index (χ2v) is 7.06. The minimum atomic E-state index is 0.351. The quantitative estimate of drug-likeness (QED) is 0.689. The number of hydrogen-bond donors (Lipinski definition) is 1. The highest BCUT2D eigenvalue weighted by atomic mass is 15.3. The van der Waals surface area contributed by atoms with Crippen LogP contribution in [0.25, 0.3) is 0 Å². The summed E-state index contributed by atoms with van der Waals surface area (Å²) in [6.07, 6.45) is 1.10. The summed E-state index contributed by atoms with van der Waals surface area (Å²) in [5.41, 5.74) is 4.16. The van der Waals surface area contributed by atoms with Gasteiger partial charge in [-0.25, -0.2) is 0 Å². The van der Waals surface area contributed by atoms with Crippen LogP contribution in [0.1, 0.15) is 22.7 Å². The molecule has 4 rings (SSSR count). The summed E-state index contributed by atoms with van der Waals surface area (Å²) in [4.78, 5) is 2.57. The van der Waals surface area contributed by atoms with Crippen molar-refractivity contribution in [1.29, 1.82) is 0 Å². The Balaban J connectivity index is 1.35. The predicted octanol–water partition coefficient (Wildman–Crippen LogP) is 4.29. The molecular weight excluding hydrogens is 316 g/mol. The number of nitrogens with one attached hydrogen (secondary N) is 1. The molecule has 0 spiro atoms. The molecule has 1 N–H and O–H groups in total. The number of nitrogens with zero attached hydrogens (tertiary/aromatic N) is 1. The van der Waals surface area contributed by atoms with Crippen LogP contribution in [-0.2, 0) is 6.42 Å². The molecule has 2 heteroatoms. The molecule has 1 aliphatic rings. The van der Waals surface area contributed by atoms with Gasteiger partial charge in [-0.1, -0.05) is 91.0 Å². The van der Waals surface area contributed by atoms with Crippen molar-refractivity contribution in [2.75, 3.05) is 19.6 Å². The number of hydrogen-bond acceptors (Lipinski definition) is 2. The molecule has 0 unspecified atom stereocenters. The molecule has 0 amide bonds. The van der Waals surface area contributed by atoms with E-state index >= 15 is 0 Å². The smallest absolute Gasteiger partial charge is 0.0602 e. The summed E-state index contributed by atoms with van der Waals surface area (Å²) in [5.74, 6) is 0. The zero-order valence-electron chi connectivity index (χ0n) is 15.1.